The molecule has 0 spiro atoms. The van der Waals surface area contributed by atoms with E-state index in [2.05, 4.69) is 15.9 Å². The number of methoxy groups -OCH3 is 1. The average Bonchev–Trinajstić information content (AvgIpc) is 2.27. The molecule has 0 heterocycles. The highest BCUT2D eigenvalue weighted by atomic mass is 79.9. The SMILES string of the molecule is COC(=O)C(C)(C)c1ccc(C(=O)O)cc1Br. The van der Waals surface area contributed by atoms with Crippen LogP contribution in [-0.4, -0.2) is 24.2 Å². The lowest BCUT2D eigenvalue weighted by atomic mass is 9.84. The van der Waals surface area contributed by atoms with Gasteiger partial charge in [0.25, 0.3) is 0 Å². The molecule has 4 nitrogen and oxygen atoms in total. The van der Waals surface area contributed by atoms with Crippen molar-refractivity contribution in [2.75, 3.05) is 7.11 Å². The van der Waals surface area contributed by atoms with Crippen molar-refractivity contribution in [1.29, 1.82) is 0 Å². The second-order valence-electron chi connectivity index (χ2n) is 4.12. The summed E-state index contributed by atoms with van der Waals surface area (Å²) in [6, 6.07) is 4.56. The number of ether oxygens (including phenoxy) is 1. The van der Waals surface area contributed by atoms with E-state index in [1.807, 2.05) is 0 Å². The maximum atomic E-state index is 11.6. The molecule has 17 heavy (non-hydrogen) atoms. The minimum absolute atomic E-state index is 0.168. The van der Waals surface area contributed by atoms with Crippen LogP contribution in [0.25, 0.3) is 0 Å². The van der Waals surface area contributed by atoms with E-state index in [-0.39, 0.29) is 11.5 Å². The van der Waals surface area contributed by atoms with Crippen LogP contribution in [0.4, 0.5) is 0 Å². The summed E-state index contributed by atoms with van der Waals surface area (Å²) >= 11 is 3.28. The van der Waals surface area contributed by atoms with E-state index in [0.29, 0.717) is 10.0 Å². The fourth-order valence-electron chi connectivity index (χ4n) is 1.52. The molecule has 0 aliphatic heterocycles. The Balaban J connectivity index is 3.25. The monoisotopic (exact) mass is 300 g/mol. The van der Waals surface area contributed by atoms with Crippen molar-refractivity contribution >= 4 is 27.9 Å². The summed E-state index contributed by atoms with van der Waals surface area (Å²) in [5.41, 5.74) is 0.0283. The third-order valence-corrected chi connectivity index (χ3v) is 3.24. The number of aromatic carboxylic acids is 1. The van der Waals surface area contributed by atoms with E-state index in [1.165, 1.54) is 19.2 Å². The highest BCUT2D eigenvalue weighted by molar-refractivity contribution is 9.10. The number of benzene rings is 1. The van der Waals surface area contributed by atoms with Crippen LogP contribution in [0.1, 0.15) is 29.8 Å². The number of carbonyl (C=O) groups excluding carboxylic acids is 1. The highest BCUT2D eigenvalue weighted by Crippen LogP contribution is 2.31. The molecule has 0 fully saturated rings. The first-order valence-electron chi connectivity index (χ1n) is 4.92. The lowest BCUT2D eigenvalue weighted by Gasteiger charge is -2.23. The molecule has 1 rings (SSSR count). The Morgan fingerprint density at radius 3 is 2.35 bits per heavy atom. The van der Waals surface area contributed by atoms with E-state index < -0.39 is 11.4 Å². The summed E-state index contributed by atoms with van der Waals surface area (Å²) < 4.78 is 5.30. The van der Waals surface area contributed by atoms with Gasteiger partial charge in [-0.25, -0.2) is 4.79 Å². The molecule has 0 saturated heterocycles. The molecular formula is C12H13BrO4. The largest absolute Gasteiger partial charge is 0.478 e. The fourth-order valence-corrected chi connectivity index (χ4v) is 2.39. The molecule has 0 aliphatic carbocycles. The smallest absolute Gasteiger partial charge is 0.335 e. The van der Waals surface area contributed by atoms with Crippen LogP contribution in [0.3, 0.4) is 0 Å². The Hall–Kier alpha value is -1.36. The van der Waals surface area contributed by atoms with E-state index in [1.54, 1.807) is 19.9 Å². The average molecular weight is 301 g/mol. The molecule has 0 aromatic heterocycles. The maximum absolute atomic E-state index is 11.6. The molecule has 1 N–H and O–H groups in total. The van der Waals surface area contributed by atoms with Crippen molar-refractivity contribution in [2.24, 2.45) is 0 Å². The van der Waals surface area contributed by atoms with Gasteiger partial charge in [0, 0.05) is 4.47 Å². The Morgan fingerprint density at radius 2 is 1.94 bits per heavy atom. The van der Waals surface area contributed by atoms with Gasteiger partial charge in [-0.3, -0.25) is 4.79 Å². The molecule has 0 radical (unpaired) electrons. The van der Waals surface area contributed by atoms with Gasteiger partial charge in [-0.2, -0.15) is 0 Å². The van der Waals surface area contributed by atoms with E-state index >= 15 is 0 Å². The zero-order valence-corrected chi connectivity index (χ0v) is 11.4. The fraction of sp³-hybridized carbons (Fsp3) is 0.333. The number of carboxylic acid groups (broad SMARTS) is 1. The minimum Gasteiger partial charge on any atom is -0.478 e. The summed E-state index contributed by atoms with van der Waals surface area (Å²) in [7, 11) is 1.32. The summed E-state index contributed by atoms with van der Waals surface area (Å²) in [6.45, 7) is 3.44. The molecule has 1 aromatic rings. The van der Waals surface area contributed by atoms with Gasteiger partial charge in [-0.05, 0) is 31.5 Å². The summed E-state index contributed by atoms with van der Waals surface area (Å²) in [4.78, 5) is 22.4. The predicted molar refractivity (Wildman–Crippen MR) is 66.1 cm³/mol. The van der Waals surface area contributed by atoms with Crippen molar-refractivity contribution in [1.82, 2.24) is 0 Å². The van der Waals surface area contributed by atoms with Crippen molar-refractivity contribution in [3.8, 4) is 0 Å². The Kier molecular flexibility index (Phi) is 3.93. The lowest BCUT2D eigenvalue weighted by Crippen LogP contribution is -2.30. The molecule has 1 aromatic carbocycles. The van der Waals surface area contributed by atoms with Crippen LogP contribution in [0, 0.1) is 0 Å². The predicted octanol–water partition coefficient (Wildman–Crippen LogP) is 2.60. The number of halogens is 1. The summed E-state index contributed by atoms with van der Waals surface area (Å²) in [6.07, 6.45) is 0. The van der Waals surface area contributed by atoms with Crippen molar-refractivity contribution in [3.63, 3.8) is 0 Å². The van der Waals surface area contributed by atoms with Crippen molar-refractivity contribution in [2.45, 2.75) is 19.3 Å². The second kappa shape index (κ2) is 4.87. The van der Waals surface area contributed by atoms with E-state index in [0.717, 1.165) is 0 Å². The first-order valence-corrected chi connectivity index (χ1v) is 5.71. The number of rotatable bonds is 3. The third kappa shape index (κ3) is 2.66. The van der Waals surface area contributed by atoms with Crippen LogP contribution in [0.2, 0.25) is 0 Å². The summed E-state index contributed by atoms with van der Waals surface area (Å²) in [5, 5.41) is 8.85. The van der Waals surface area contributed by atoms with Crippen molar-refractivity contribution in [3.05, 3.63) is 33.8 Å². The maximum Gasteiger partial charge on any atom is 0.335 e. The Labute approximate surface area is 108 Å². The molecule has 92 valence electrons. The molecule has 5 heteroatoms. The van der Waals surface area contributed by atoms with Gasteiger partial charge >= 0.3 is 11.9 Å². The van der Waals surface area contributed by atoms with Crippen LogP contribution >= 0.6 is 15.9 Å². The molecule has 0 unspecified atom stereocenters. The van der Waals surface area contributed by atoms with Gasteiger partial charge in [0.1, 0.15) is 0 Å². The van der Waals surface area contributed by atoms with E-state index in [9.17, 15) is 9.59 Å². The van der Waals surface area contributed by atoms with Gasteiger partial charge in [-0.1, -0.05) is 22.0 Å². The third-order valence-electron chi connectivity index (χ3n) is 2.59. The van der Waals surface area contributed by atoms with Gasteiger partial charge in [0.05, 0.1) is 18.1 Å². The minimum atomic E-state index is -1.01. The molecule has 0 aliphatic rings. The molecule has 0 bridgehead atoms. The first-order chi connectivity index (χ1) is 7.80. The Bertz CT molecular complexity index is 466. The quantitative estimate of drug-likeness (QED) is 0.872. The number of hydrogen-bond acceptors (Lipinski definition) is 3. The molecular weight excluding hydrogens is 288 g/mol. The number of carboxylic acids is 1. The zero-order valence-electron chi connectivity index (χ0n) is 9.78. The number of esters is 1. The second-order valence-corrected chi connectivity index (χ2v) is 4.97. The van der Waals surface area contributed by atoms with Crippen LogP contribution < -0.4 is 0 Å². The highest BCUT2D eigenvalue weighted by Gasteiger charge is 2.32. The lowest BCUT2D eigenvalue weighted by molar-refractivity contribution is -0.146. The zero-order chi connectivity index (χ0) is 13.2. The Morgan fingerprint density at radius 1 is 1.35 bits per heavy atom. The van der Waals surface area contributed by atoms with Gasteiger partial charge in [0.2, 0.25) is 0 Å². The van der Waals surface area contributed by atoms with Gasteiger partial charge in [0.15, 0.2) is 0 Å². The van der Waals surface area contributed by atoms with Crippen LogP contribution in [-0.2, 0) is 14.9 Å². The van der Waals surface area contributed by atoms with Gasteiger partial charge in [-0.15, -0.1) is 0 Å². The molecule has 0 atom stereocenters. The normalized spacial score (nSPS) is 11.1. The molecule has 0 saturated carbocycles. The number of hydrogen-bond donors (Lipinski definition) is 1. The number of carbonyl (C=O) groups is 2. The topological polar surface area (TPSA) is 63.6 Å². The van der Waals surface area contributed by atoms with Gasteiger partial charge < -0.3 is 9.84 Å². The van der Waals surface area contributed by atoms with Crippen molar-refractivity contribution < 1.29 is 19.4 Å². The molecule has 0 amide bonds. The van der Waals surface area contributed by atoms with E-state index in [4.69, 9.17) is 9.84 Å². The standard InChI is InChI=1S/C12H13BrO4/c1-12(2,11(16)17-3)8-5-4-7(10(14)15)6-9(8)13/h4-6H,1-3H3,(H,14,15). The van der Waals surface area contributed by atoms with Crippen LogP contribution in [0.15, 0.2) is 22.7 Å². The first kappa shape index (κ1) is 13.7. The van der Waals surface area contributed by atoms with Crippen LogP contribution in [0.5, 0.6) is 0 Å². The summed E-state index contributed by atoms with van der Waals surface area (Å²) in [5.74, 6) is -1.38.